The Morgan fingerprint density at radius 3 is 2.37 bits per heavy atom. The first-order valence-electron chi connectivity index (χ1n) is 9.24. The summed E-state index contributed by atoms with van der Waals surface area (Å²) < 4.78 is 26.9. The van der Waals surface area contributed by atoms with Gasteiger partial charge in [0, 0.05) is 12.6 Å². The van der Waals surface area contributed by atoms with Crippen molar-refractivity contribution in [2.24, 2.45) is 0 Å². The third-order valence-electron chi connectivity index (χ3n) is 5.26. The van der Waals surface area contributed by atoms with Gasteiger partial charge in [-0.3, -0.25) is 9.59 Å². The largest absolute Gasteiger partial charge is 0.334 e. The van der Waals surface area contributed by atoms with Crippen molar-refractivity contribution in [2.75, 3.05) is 12.4 Å². The van der Waals surface area contributed by atoms with E-state index in [4.69, 9.17) is 11.6 Å². The topological polar surface area (TPSA) is 49.4 Å². The minimum absolute atomic E-state index is 0.0650. The predicted molar refractivity (Wildman–Crippen MR) is 110 cm³/mol. The fraction of sp³-hybridized carbons (Fsp3) is 0.130. The molecule has 1 aliphatic rings. The van der Waals surface area contributed by atoms with Gasteiger partial charge in [-0.05, 0) is 47.5 Å². The zero-order chi connectivity index (χ0) is 21.4. The molecule has 1 heterocycles. The van der Waals surface area contributed by atoms with Crippen molar-refractivity contribution in [3.8, 4) is 0 Å². The maximum Gasteiger partial charge on any atom is 0.254 e. The second-order valence-corrected chi connectivity index (χ2v) is 7.50. The summed E-state index contributed by atoms with van der Waals surface area (Å²) in [5.74, 6) is -2.36. The maximum atomic E-state index is 13.5. The smallest absolute Gasteiger partial charge is 0.254 e. The lowest BCUT2D eigenvalue weighted by Crippen LogP contribution is -2.44. The molecular weight excluding hydrogens is 410 g/mol. The van der Waals surface area contributed by atoms with Crippen molar-refractivity contribution in [1.29, 1.82) is 0 Å². The van der Waals surface area contributed by atoms with E-state index in [-0.39, 0.29) is 16.6 Å². The van der Waals surface area contributed by atoms with Crippen molar-refractivity contribution in [2.45, 2.75) is 12.0 Å². The molecule has 0 fully saturated rings. The number of halogens is 3. The highest BCUT2D eigenvalue weighted by Gasteiger charge is 2.42. The number of amides is 2. The molecule has 3 aromatic carbocycles. The average Bonchev–Trinajstić information content (AvgIpc) is 2.73. The second-order valence-electron chi connectivity index (χ2n) is 7.09. The van der Waals surface area contributed by atoms with E-state index in [9.17, 15) is 18.4 Å². The van der Waals surface area contributed by atoms with Gasteiger partial charge in [0.25, 0.3) is 5.91 Å². The molecule has 2 atom stereocenters. The van der Waals surface area contributed by atoms with E-state index in [1.165, 1.54) is 29.2 Å². The van der Waals surface area contributed by atoms with E-state index in [0.717, 1.165) is 6.07 Å². The molecule has 0 spiro atoms. The number of nitrogens with zero attached hydrogens (tertiary/aromatic N) is 1. The molecule has 0 radical (unpaired) electrons. The van der Waals surface area contributed by atoms with Crippen LogP contribution in [-0.4, -0.2) is 23.8 Å². The summed E-state index contributed by atoms with van der Waals surface area (Å²) in [6, 6.07) is 15.6. The van der Waals surface area contributed by atoms with Crippen molar-refractivity contribution >= 4 is 29.1 Å². The number of anilines is 1. The normalized spacial score (nSPS) is 18.1. The predicted octanol–water partition coefficient (Wildman–Crippen LogP) is 5.17. The van der Waals surface area contributed by atoms with Gasteiger partial charge in [0.1, 0.15) is 11.6 Å². The fourth-order valence-electron chi connectivity index (χ4n) is 3.83. The molecule has 0 bridgehead atoms. The molecule has 4 nitrogen and oxygen atoms in total. The number of fused-ring (bicyclic) bond motifs is 1. The Labute approximate surface area is 177 Å². The quantitative estimate of drug-likeness (QED) is 0.628. The Morgan fingerprint density at radius 2 is 1.67 bits per heavy atom. The van der Waals surface area contributed by atoms with Crippen molar-refractivity contribution < 1.29 is 18.4 Å². The molecule has 30 heavy (non-hydrogen) atoms. The standard InChI is InChI=1S/C23H17ClF2N2O2/c1-28-21(13-6-8-14(25)9-7-13)20(16-4-2-3-5-17(16)23(28)30)22(29)27-19-11-10-15(26)12-18(19)24/h2-12,20-21H,1H3,(H,27,29)/t20-,21-/m1/s1. The van der Waals surface area contributed by atoms with E-state index < -0.39 is 29.5 Å². The lowest BCUT2D eigenvalue weighted by Gasteiger charge is -2.39. The van der Waals surface area contributed by atoms with Gasteiger partial charge in [-0.1, -0.05) is 41.9 Å². The Balaban J connectivity index is 1.81. The van der Waals surface area contributed by atoms with Gasteiger partial charge < -0.3 is 10.2 Å². The number of carbonyl (C=O) groups excluding carboxylic acids is 2. The van der Waals surface area contributed by atoms with Crippen LogP contribution in [0.2, 0.25) is 5.02 Å². The highest BCUT2D eigenvalue weighted by atomic mass is 35.5. The van der Waals surface area contributed by atoms with Gasteiger partial charge in [-0.15, -0.1) is 0 Å². The van der Waals surface area contributed by atoms with Crippen molar-refractivity contribution in [1.82, 2.24) is 4.90 Å². The summed E-state index contributed by atoms with van der Waals surface area (Å²) in [6.07, 6.45) is 0. The van der Waals surface area contributed by atoms with E-state index in [2.05, 4.69) is 5.32 Å². The van der Waals surface area contributed by atoms with Gasteiger partial charge in [0.05, 0.1) is 22.7 Å². The Bertz CT molecular complexity index is 1130. The van der Waals surface area contributed by atoms with E-state index >= 15 is 0 Å². The van der Waals surface area contributed by atoms with Crippen LogP contribution in [0.25, 0.3) is 0 Å². The molecule has 0 aliphatic carbocycles. The average molecular weight is 427 g/mol. The van der Waals surface area contributed by atoms with Crippen LogP contribution in [0.3, 0.4) is 0 Å². The van der Waals surface area contributed by atoms with Crippen molar-refractivity contribution in [3.05, 3.63) is 100 Å². The van der Waals surface area contributed by atoms with E-state index in [1.807, 2.05) is 0 Å². The first kappa shape index (κ1) is 20.0. The number of hydrogen-bond acceptors (Lipinski definition) is 2. The Kier molecular flexibility index (Phi) is 5.26. The molecule has 152 valence electrons. The maximum absolute atomic E-state index is 13.5. The van der Waals surface area contributed by atoms with Crippen LogP contribution in [-0.2, 0) is 4.79 Å². The SMILES string of the molecule is CN1C(=O)c2ccccc2[C@@H](C(=O)Nc2ccc(F)cc2Cl)[C@H]1c1ccc(F)cc1. The molecule has 7 heteroatoms. The molecule has 3 aromatic rings. The summed E-state index contributed by atoms with van der Waals surface area (Å²) in [5, 5.41) is 2.81. The van der Waals surface area contributed by atoms with Crippen LogP contribution < -0.4 is 5.32 Å². The first-order valence-corrected chi connectivity index (χ1v) is 9.62. The third-order valence-corrected chi connectivity index (χ3v) is 5.58. The van der Waals surface area contributed by atoms with Gasteiger partial charge in [0.15, 0.2) is 0 Å². The molecule has 0 saturated heterocycles. The molecule has 1 N–H and O–H groups in total. The molecule has 2 amide bonds. The number of rotatable bonds is 3. The van der Waals surface area contributed by atoms with Gasteiger partial charge in [-0.2, -0.15) is 0 Å². The number of nitrogens with one attached hydrogen (secondary N) is 1. The van der Waals surface area contributed by atoms with Gasteiger partial charge in [0.2, 0.25) is 5.91 Å². The molecule has 0 saturated carbocycles. The van der Waals surface area contributed by atoms with Crippen LogP contribution in [0.1, 0.15) is 33.4 Å². The second kappa shape index (κ2) is 7.88. The highest BCUT2D eigenvalue weighted by Crippen LogP contribution is 2.42. The summed E-state index contributed by atoms with van der Waals surface area (Å²) in [5.41, 5.74) is 1.86. The lowest BCUT2D eigenvalue weighted by molar-refractivity contribution is -0.119. The monoisotopic (exact) mass is 426 g/mol. The number of likely N-dealkylation sites (N-methyl/N-ethyl adjacent to an activating group) is 1. The zero-order valence-corrected chi connectivity index (χ0v) is 16.7. The van der Waals surface area contributed by atoms with Crippen LogP contribution in [0.4, 0.5) is 14.5 Å². The van der Waals surface area contributed by atoms with Gasteiger partial charge in [-0.25, -0.2) is 8.78 Å². The van der Waals surface area contributed by atoms with Crippen molar-refractivity contribution in [3.63, 3.8) is 0 Å². The highest BCUT2D eigenvalue weighted by molar-refractivity contribution is 6.33. The summed E-state index contributed by atoms with van der Waals surface area (Å²) in [7, 11) is 1.61. The first-order chi connectivity index (χ1) is 14.4. The van der Waals surface area contributed by atoms with Crippen LogP contribution >= 0.6 is 11.6 Å². The number of benzene rings is 3. The number of hydrogen-bond donors (Lipinski definition) is 1. The fourth-order valence-corrected chi connectivity index (χ4v) is 4.05. The summed E-state index contributed by atoms with van der Waals surface area (Å²) in [4.78, 5) is 27.8. The zero-order valence-electron chi connectivity index (χ0n) is 15.9. The van der Waals surface area contributed by atoms with E-state index in [0.29, 0.717) is 16.7 Å². The molecule has 0 aromatic heterocycles. The molecule has 4 rings (SSSR count). The number of carbonyl (C=O) groups is 2. The van der Waals surface area contributed by atoms with Crippen LogP contribution in [0, 0.1) is 11.6 Å². The minimum Gasteiger partial charge on any atom is -0.334 e. The molecule has 1 aliphatic heterocycles. The van der Waals surface area contributed by atoms with Crippen LogP contribution in [0.5, 0.6) is 0 Å². The Hall–Kier alpha value is -3.25. The third kappa shape index (κ3) is 3.55. The molecule has 0 unspecified atom stereocenters. The Morgan fingerprint density at radius 1 is 1.00 bits per heavy atom. The lowest BCUT2D eigenvalue weighted by atomic mass is 9.79. The summed E-state index contributed by atoms with van der Waals surface area (Å²) >= 11 is 6.07. The van der Waals surface area contributed by atoms with Gasteiger partial charge >= 0.3 is 0 Å². The summed E-state index contributed by atoms with van der Waals surface area (Å²) in [6.45, 7) is 0. The van der Waals surface area contributed by atoms with E-state index in [1.54, 1.807) is 43.4 Å². The van der Waals surface area contributed by atoms with Crippen LogP contribution in [0.15, 0.2) is 66.7 Å². The minimum atomic E-state index is -0.782. The molecular formula is C23H17ClF2N2O2.